The number of carboxylic acid groups (broad SMARTS) is 1. The number of rotatable bonds is 11. The van der Waals surface area contributed by atoms with Gasteiger partial charge in [0.15, 0.2) is 5.96 Å². The molecule has 2 amide bonds. The summed E-state index contributed by atoms with van der Waals surface area (Å²) in [5.74, 6) is -2.08. The van der Waals surface area contributed by atoms with Crippen molar-refractivity contribution in [2.24, 2.45) is 28.1 Å². The Kier molecular flexibility index (Phi) is 10.1. The third kappa shape index (κ3) is 10.4. The summed E-state index contributed by atoms with van der Waals surface area (Å²) in [6.07, 6.45) is 1.25. The molecule has 0 saturated carbocycles. The highest BCUT2D eigenvalue weighted by Gasteiger charge is 2.24. The van der Waals surface area contributed by atoms with Gasteiger partial charge in [-0.1, -0.05) is 13.8 Å². The van der Waals surface area contributed by atoms with Crippen LogP contribution < -0.4 is 27.8 Å². The summed E-state index contributed by atoms with van der Waals surface area (Å²) in [5, 5.41) is 13.4. The van der Waals surface area contributed by atoms with Gasteiger partial charge in [0, 0.05) is 6.54 Å². The molecule has 9 N–H and O–H groups in total. The second-order valence-electron chi connectivity index (χ2n) is 5.86. The lowest BCUT2D eigenvalue weighted by molar-refractivity contribution is -0.138. The van der Waals surface area contributed by atoms with Crippen LogP contribution in [0.3, 0.4) is 0 Å². The van der Waals surface area contributed by atoms with Crippen molar-refractivity contribution in [1.82, 2.24) is 10.6 Å². The number of hydrogen-bond donors (Lipinski definition) is 6. The molecule has 10 heteroatoms. The Morgan fingerprint density at radius 2 is 1.79 bits per heavy atom. The number of nitrogens with zero attached hydrogens (tertiary/aromatic N) is 1. The first-order chi connectivity index (χ1) is 11.1. The predicted molar refractivity (Wildman–Crippen MR) is 89.9 cm³/mol. The van der Waals surface area contributed by atoms with Gasteiger partial charge in [-0.2, -0.15) is 0 Å². The van der Waals surface area contributed by atoms with Crippen molar-refractivity contribution >= 4 is 23.7 Å². The van der Waals surface area contributed by atoms with E-state index in [2.05, 4.69) is 15.6 Å². The van der Waals surface area contributed by atoms with Gasteiger partial charge >= 0.3 is 5.97 Å². The van der Waals surface area contributed by atoms with E-state index in [1.165, 1.54) is 0 Å². The number of hydrogen-bond acceptors (Lipinski definition) is 5. The summed E-state index contributed by atoms with van der Waals surface area (Å²) in [7, 11) is 0. The molecule has 10 nitrogen and oxygen atoms in total. The van der Waals surface area contributed by atoms with Gasteiger partial charge in [0.05, 0.1) is 6.04 Å². The summed E-state index contributed by atoms with van der Waals surface area (Å²) < 4.78 is 0. The maximum atomic E-state index is 12.1. The molecule has 0 aliphatic carbocycles. The van der Waals surface area contributed by atoms with Gasteiger partial charge in [-0.15, -0.1) is 0 Å². The molecule has 0 aliphatic rings. The predicted octanol–water partition coefficient (Wildman–Crippen LogP) is -1.90. The fraction of sp³-hybridized carbons (Fsp3) is 0.714. The van der Waals surface area contributed by atoms with Crippen LogP contribution in [0.25, 0.3) is 0 Å². The number of aliphatic imine (C=N–C) groups is 1. The van der Waals surface area contributed by atoms with Gasteiger partial charge in [-0.05, 0) is 25.2 Å². The van der Waals surface area contributed by atoms with E-state index in [1.807, 2.05) is 13.8 Å². The number of aliphatic carboxylic acids is 1. The van der Waals surface area contributed by atoms with Crippen LogP contribution in [0.1, 0.15) is 33.1 Å². The van der Waals surface area contributed by atoms with Crippen LogP contribution in [0.5, 0.6) is 0 Å². The quantitative estimate of drug-likeness (QED) is 0.143. The normalized spacial score (nSPS) is 13.0. The van der Waals surface area contributed by atoms with Crippen LogP contribution >= 0.6 is 0 Å². The van der Waals surface area contributed by atoms with Crippen molar-refractivity contribution in [3.63, 3.8) is 0 Å². The number of carboxylic acids is 1. The van der Waals surface area contributed by atoms with Gasteiger partial charge in [0.25, 0.3) is 0 Å². The average molecular weight is 344 g/mol. The van der Waals surface area contributed by atoms with Crippen molar-refractivity contribution in [1.29, 1.82) is 0 Å². The van der Waals surface area contributed by atoms with Gasteiger partial charge in [0.1, 0.15) is 12.6 Å². The minimum atomic E-state index is -1.16. The minimum absolute atomic E-state index is 0.0277. The Bertz CT molecular complexity index is 462. The number of nitrogens with two attached hydrogens (primary N) is 3. The first-order valence-corrected chi connectivity index (χ1v) is 7.74. The molecule has 138 valence electrons. The second kappa shape index (κ2) is 11.2. The SMILES string of the molecule is CC(C)CC(NC(=O)C(N)CCCN=C(N)N)C(=O)NCC(=O)O. The second-order valence-corrected chi connectivity index (χ2v) is 5.86. The highest BCUT2D eigenvalue weighted by molar-refractivity contribution is 5.90. The molecule has 0 spiro atoms. The zero-order chi connectivity index (χ0) is 18.7. The average Bonchev–Trinajstić information content (AvgIpc) is 2.47. The molecule has 0 heterocycles. The molecule has 0 aromatic carbocycles. The van der Waals surface area contributed by atoms with E-state index in [9.17, 15) is 14.4 Å². The third-order valence-corrected chi connectivity index (χ3v) is 3.06. The number of amides is 2. The lowest BCUT2D eigenvalue weighted by Gasteiger charge is -2.21. The van der Waals surface area contributed by atoms with Gasteiger partial charge < -0.3 is 32.9 Å². The molecule has 24 heavy (non-hydrogen) atoms. The lowest BCUT2D eigenvalue weighted by atomic mass is 10.0. The van der Waals surface area contributed by atoms with Crippen molar-refractivity contribution in [2.75, 3.05) is 13.1 Å². The fourth-order valence-electron chi connectivity index (χ4n) is 1.92. The molecular formula is C14H28N6O4. The molecular weight excluding hydrogens is 316 g/mol. The first-order valence-electron chi connectivity index (χ1n) is 7.74. The lowest BCUT2D eigenvalue weighted by Crippen LogP contribution is -2.52. The molecule has 0 aromatic rings. The summed E-state index contributed by atoms with van der Waals surface area (Å²) in [5.41, 5.74) is 16.2. The first kappa shape index (κ1) is 21.6. The van der Waals surface area contributed by atoms with Crippen LogP contribution in [0.4, 0.5) is 0 Å². The Morgan fingerprint density at radius 1 is 1.17 bits per heavy atom. The van der Waals surface area contributed by atoms with Crippen LogP contribution in [0.15, 0.2) is 4.99 Å². The zero-order valence-electron chi connectivity index (χ0n) is 14.1. The highest BCUT2D eigenvalue weighted by atomic mass is 16.4. The molecule has 0 bridgehead atoms. The van der Waals surface area contributed by atoms with Crippen LogP contribution in [-0.4, -0.2) is 54.0 Å². The number of nitrogens with one attached hydrogen (secondary N) is 2. The number of guanidine groups is 1. The molecule has 2 atom stereocenters. The maximum Gasteiger partial charge on any atom is 0.322 e. The molecule has 0 saturated heterocycles. The molecule has 0 fully saturated rings. The van der Waals surface area contributed by atoms with Gasteiger partial charge in [-0.25, -0.2) is 0 Å². The van der Waals surface area contributed by atoms with E-state index in [0.29, 0.717) is 25.8 Å². The summed E-state index contributed by atoms with van der Waals surface area (Å²) in [6.45, 7) is 3.63. The number of carbonyl (C=O) groups is 3. The van der Waals surface area contributed by atoms with Gasteiger partial charge in [-0.3, -0.25) is 19.4 Å². The molecule has 0 aliphatic heterocycles. The molecule has 0 radical (unpaired) electrons. The van der Waals surface area contributed by atoms with Crippen LogP contribution in [0.2, 0.25) is 0 Å². The highest BCUT2D eigenvalue weighted by Crippen LogP contribution is 2.06. The maximum absolute atomic E-state index is 12.1. The topological polar surface area (TPSA) is 186 Å². The monoisotopic (exact) mass is 344 g/mol. The van der Waals surface area contributed by atoms with Crippen molar-refractivity contribution in [3.8, 4) is 0 Å². The Labute approximate surface area is 141 Å². The van der Waals surface area contributed by atoms with E-state index in [1.54, 1.807) is 0 Å². The van der Waals surface area contributed by atoms with Crippen molar-refractivity contribution in [2.45, 2.75) is 45.2 Å². The minimum Gasteiger partial charge on any atom is -0.480 e. The van der Waals surface area contributed by atoms with Gasteiger partial charge in [0.2, 0.25) is 11.8 Å². The van der Waals surface area contributed by atoms with Crippen molar-refractivity contribution < 1.29 is 19.5 Å². The van der Waals surface area contributed by atoms with E-state index < -0.39 is 36.4 Å². The fourth-order valence-corrected chi connectivity index (χ4v) is 1.92. The van der Waals surface area contributed by atoms with E-state index in [-0.39, 0.29) is 11.9 Å². The summed E-state index contributed by atoms with van der Waals surface area (Å²) in [4.78, 5) is 38.4. The van der Waals surface area contributed by atoms with Crippen LogP contribution in [0, 0.1) is 5.92 Å². The summed E-state index contributed by atoms with van der Waals surface area (Å²) >= 11 is 0. The Balaban J connectivity index is 4.53. The Hall–Kier alpha value is -2.36. The van der Waals surface area contributed by atoms with Crippen molar-refractivity contribution in [3.05, 3.63) is 0 Å². The molecule has 2 unspecified atom stereocenters. The van der Waals surface area contributed by atoms with E-state index in [4.69, 9.17) is 22.3 Å². The molecule has 0 rings (SSSR count). The van der Waals surface area contributed by atoms with E-state index in [0.717, 1.165) is 0 Å². The third-order valence-electron chi connectivity index (χ3n) is 3.06. The number of carbonyl (C=O) groups excluding carboxylic acids is 2. The molecule has 0 aromatic heterocycles. The summed E-state index contributed by atoms with van der Waals surface area (Å²) in [6, 6.07) is -1.64. The van der Waals surface area contributed by atoms with E-state index >= 15 is 0 Å². The zero-order valence-corrected chi connectivity index (χ0v) is 14.1. The largest absolute Gasteiger partial charge is 0.480 e. The Morgan fingerprint density at radius 3 is 2.29 bits per heavy atom. The smallest absolute Gasteiger partial charge is 0.322 e. The standard InChI is InChI=1S/C14H28N6O4/c1-8(2)6-10(13(24)19-7-11(21)22)20-12(23)9(15)4-3-5-18-14(16)17/h8-10H,3-7,15H2,1-2H3,(H,19,24)(H,20,23)(H,21,22)(H4,16,17,18). The van der Waals surface area contributed by atoms with Crippen LogP contribution in [-0.2, 0) is 14.4 Å².